The average molecular weight is 261 g/mol. The fourth-order valence-corrected chi connectivity index (χ4v) is 4.31. The Bertz CT molecular complexity index is 301. The van der Waals surface area contributed by atoms with Crippen LogP contribution in [0.25, 0.3) is 0 Å². The van der Waals surface area contributed by atoms with Crippen LogP contribution in [0, 0.1) is 5.92 Å². The summed E-state index contributed by atoms with van der Waals surface area (Å²) < 4.78 is 23.6. The Labute approximate surface area is 106 Å². The molecule has 0 aromatic rings. The molecule has 1 N–H and O–H groups in total. The van der Waals surface area contributed by atoms with Crippen molar-refractivity contribution >= 4 is 9.84 Å². The van der Waals surface area contributed by atoms with E-state index in [2.05, 4.69) is 12.2 Å². The van der Waals surface area contributed by atoms with E-state index < -0.39 is 9.84 Å². The summed E-state index contributed by atoms with van der Waals surface area (Å²) in [6, 6.07) is 0.557. The van der Waals surface area contributed by atoms with E-state index in [0.717, 1.165) is 25.8 Å². The van der Waals surface area contributed by atoms with Gasteiger partial charge in [-0.3, -0.25) is 0 Å². The van der Waals surface area contributed by atoms with E-state index >= 15 is 0 Å². The van der Waals surface area contributed by atoms with Gasteiger partial charge in [-0.1, -0.05) is 26.7 Å². The van der Waals surface area contributed by atoms with E-state index in [1.165, 1.54) is 19.3 Å². The van der Waals surface area contributed by atoms with Gasteiger partial charge in [0.25, 0.3) is 0 Å². The van der Waals surface area contributed by atoms with Crippen molar-refractivity contribution in [3.8, 4) is 0 Å². The van der Waals surface area contributed by atoms with E-state index in [-0.39, 0.29) is 0 Å². The largest absolute Gasteiger partial charge is 0.314 e. The van der Waals surface area contributed by atoms with Crippen molar-refractivity contribution in [1.29, 1.82) is 0 Å². The third kappa shape index (κ3) is 5.38. The van der Waals surface area contributed by atoms with Gasteiger partial charge in [0.1, 0.15) is 9.84 Å². The smallest absolute Gasteiger partial charge is 0.150 e. The molecule has 1 aliphatic rings. The van der Waals surface area contributed by atoms with E-state index in [0.29, 0.717) is 23.5 Å². The molecule has 0 heterocycles. The maximum atomic E-state index is 11.8. The van der Waals surface area contributed by atoms with Gasteiger partial charge in [0.05, 0.1) is 11.5 Å². The lowest BCUT2D eigenvalue weighted by Crippen LogP contribution is -2.33. The molecule has 1 fully saturated rings. The molecule has 102 valence electrons. The SMILES string of the molecule is CCCCS(=O)(=O)CCC1CCCC1NCC. The third-order valence-electron chi connectivity index (χ3n) is 3.73. The molecule has 2 unspecified atom stereocenters. The van der Waals surface area contributed by atoms with Gasteiger partial charge in [-0.2, -0.15) is 0 Å². The minimum Gasteiger partial charge on any atom is -0.314 e. The zero-order valence-electron chi connectivity index (χ0n) is 11.2. The first-order chi connectivity index (χ1) is 8.09. The van der Waals surface area contributed by atoms with E-state index in [1.54, 1.807) is 0 Å². The molecule has 0 aromatic carbocycles. The van der Waals surface area contributed by atoms with E-state index in [9.17, 15) is 8.42 Å². The van der Waals surface area contributed by atoms with Crippen LogP contribution >= 0.6 is 0 Å². The highest BCUT2D eigenvalue weighted by atomic mass is 32.2. The zero-order chi connectivity index (χ0) is 12.7. The van der Waals surface area contributed by atoms with Crippen molar-refractivity contribution in [3.63, 3.8) is 0 Å². The predicted octanol–water partition coefficient (Wildman–Crippen LogP) is 2.37. The first-order valence-electron chi connectivity index (χ1n) is 7.03. The molecule has 1 saturated carbocycles. The van der Waals surface area contributed by atoms with Crippen LogP contribution in [0.3, 0.4) is 0 Å². The minimum absolute atomic E-state index is 0.377. The van der Waals surface area contributed by atoms with Gasteiger partial charge in [0.15, 0.2) is 0 Å². The lowest BCUT2D eigenvalue weighted by Gasteiger charge is -2.20. The molecule has 0 aromatic heterocycles. The molecule has 4 heteroatoms. The second kappa shape index (κ2) is 7.37. The van der Waals surface area contributed by atoms with Gasteiger partial charge in [-0.05, 0) is 38.1 Å². The second-order valence-electron chi connectivity index (χ2n) is 5.15. The van der Waals surface area contributed by atoms with E-state index in [4.69, 9.17) is 0 Å². The molecular weight excluding hydrogens is 234 g/mol. The monoisotopic (exact) mass is 261 g/mol. The highest BCUT2D eigenvalue weighted by molar-refractivity contribution is 7.91. The van der Waals surface area contributed by atoms with Gasteiger partial charge in [-0.15, -0.1) is 0 Å². The molecular formula is C13H27NO2S. The number of hydrogen-bond donors (Lipinski definition) is 1. The van der Waals surface area contributed by atoms with Crippen molar-refractivity contribution in [2.24, 2.45) is 5.92 Å². The molecule has 1 rings (SSSR count). The lowest BCUT2D eigenvalue weighted by molar-refractivity contribution is 0.398. The average Bonchev–Trinajstić information content (AvgIpc) is 2.72. The molecule has 0 aliphatic heterocycles. The second-order valence-corrected chi connectivity index (χ2v) is 7.45. The number of unbranched alkanes of at least 4 members (excludes halogenated alkanes) is 1. The van der Waals surface area contributed by atoms with Crippen molar-refractivity contribution in [1.82, 2.24) is 5.32 Å². The molecule has 0 radical (unpaired) electrons. The van der Waals surface area contributed by atoms with Crippen LogP contribution in [0.5, 0.6) is 0 Å². The van der Waals surface area contributed by atoms with Crippen molar-refractivity contribution < 1.29 is 8.42 Å². The molecule has 1 aliphatic carbocycles. The molecule has 0 bridgehead atoms. The Morgan fingerprint density at radius 1 is 1.18 bits per heavy atom. The van der Waals surface area contributed by atoms with Gasteiger partial charge < -0.3 is 5.32 Å². The molecule has 2 atom stereocenters. The first kappa shape index (κ1) is 15.0. The normalized spacial score (nSPS) is 25.3. The summed E-state index contributed by atoms with van der Waals surface area (Å²) in [5, 5.41) is 3.48. The first-order valence-corrected chi connectivity index (χ1v) is 8.85. The number of hydrogen-bond acceptors (Lipinski definition) is 3. The molecule has 17 heavy (non-hydrogen) atoms. The van der Waals surface area contributed by atoms with Crippen LogP contribution < -0.4 is 5.32 Å². The van der Waals surface area contributed by atoms with E-state index in [1.807, 2.05) is 6.92 Å². The zero-order valence-corrected chi connectivity index (χ0v) is 12.1. The molecule has 3 nitrogen and oxygen atoms in total. The van der Waals surface area contributed by atoms with Crippen molar-refractivity contribution in [3.05, 3.63) is 0 Å². The quantitative estimate of drug-likeness (QED) is 0.729. The summed E-state index contributed by atoms with van der Waals surface area (Å²) in [6.45, 7) is 5.14. The fourth-order valence-electron chi connectivity index (χ4n) is 2.71. The predicted molar refractivity (Wildman–Crippen MR) is 73.0 cm³/mol. The summed E-state index contributed by atoms with van der Waals surface area (Å²) in [7, 11) is -2.80. The van der Waals surface area contributed by atoms with Gasteiger partial charge in [0.2, 0.25) is 0 Å². The van der Waals surface area contributed by atoms with Gasteiger partial charge in [-0.25, -0.2) is 8.42 Å². The standard InChI is InChI=1S/C13H27NO2S/c1-3-5-10-17(15,16)11-9-12-7-6-8-13(12)14-4-2/h12-14H,3-11H2,1-2H3. The maximum absolute atomic E-state index is 11.8. The summed E-state index contributed by atoms with van der Waals surface area (Å²) in [6.07, 6.45) is 6.28. The summed E-state index contributed by atoms with van der Waals surface area (Å²) in [4.78, 5) is 0. The van der Waals surface area contributed by atoms with Crippen LogP contribution in [-0.4, -0.2) is 32.5 Å². The van der Waals surface area contributed by atoms with Crippen LogP contribution in [0.15, 0.2) is 0 Å². The van der Waals surface area contributed by atoms with Crippen molar-refractivity contribution in [2.75, 3.05) is 18.1 Å². The van der Waals surface area contributed by atoms with Crippen molar-refractivity contribution in [2.45, 2.75) is 58.4 Å². The van der Waals surface area contributed by atoms with Crippen LogP contribution in [0.4, 0.5) is 0 Å². The number of rotatable bonds is 8. The molecule has 0 saturated heterocycles. The molecule has 0 amide bonds. The van der Waals surface area contributed by atoms with Gasteiger partial charge in [0, 0.05) is 6.04 Å². The summed E-state index contributed by atoms with van der Waals surface area (Å²) in [5.74, 6) is 1.34. The number of nitrogens with one attached hydrogen (secondary N) is 1. The van der Waals surface area contributed by atoms with Crippen LogP contribution in [0.2, 0.25) is 0 Å². The Morgan fingerprint density at radius 3 is 2.59 bits per heavy atom. The fraction of sp³-hybridized carbons (Fsp3) is 1.00. The summed E-state index contributed by atoms with van der Waals surface area (Å²) in [5.41, 5.74) is 0. The topological polar surface area (TPSA) is 46.2 Å². The third-order valence-corrected chi connectivity index (χ3v) is 5.50. The Hall–Kier alpha value is -0.0900. The van der Waals surface area contributed by atoms with Gasteiger partial charge >= 0.3 is 0 Å². The summed E-state index contributed by atoms with van der Waals surface area (Å²) >= 11 is 0. The highest BCUT2D eigenvalue weighted by Gasteiger charge is 2.27. The Morgan fingerprint density at radius 2 is 1.94 bits per heavy atom. The maximum Gasteiger partial charge on any atom is 0.150 e. The Balaban J connectivity index is 2.34. The minimum atomic E-state index is -2.80. The van der Waals surface area contributed by atoms with Crippen LogP contribution in [0.1, 0.15) is 52.4 Å². The molecule has 0 spiro atoms. The lowest BCUT2D eigenvalue weighted by atomic mass is 10.0. The van der Waals surface area contributed by atoms with Crippen LogP contribution in [-0.2, 0) is 9.84 Å². The highest BCUT2D eigenvalue weighted by Crippen LogP contribution is 2.28. The Kier molecular flexibility index (Phi) is 6.49. The number of sulfone groups is 1.